The first-order valence-electron chi connectivity index (χ1n) is 5.64. The van der Waals surface area contributed by atoms with Crippen molar-refractivity contribution in [2.24, 2.45) is 11.8 Å². The molecule has 0 aliphatic rings. The second-order valence-corrected chi connectivity index (χ2v) is 5.76. The average Bonchev–Trinajstić information content (AvgIpc) is 2.51. The van der Waals surface area contributed by atoms with Gasteiger partial charge in [-0.15, -0.1) is 6.07 Å². The molecule has 92 valence electrons. The summed E-state index contributed by atoms with van der Waals surface area (Å²) in [6, 6.07) is 1.85. The molecular formula is C13H22NORbS. The zero-order valence-corrected chi connectivity index (χ0v) is 17.6. The summed E-state index contributed by atoms with van der Waals surface area (Å²) in [5.41, 5.74) is 0.856. The second-order valence-electron chi connectivity index (χ2n) is 4.64. The quantitative estimate of drug-likeness (QED) is 0.655. The summed E-state index contributed by atoms with van der Waals surface area (Å²) in [7, 11) is 0. The molecule has 0 atom stereocenters. The Morgan fingerprint density at radius 1 is 1.29 bits per heavy atom. The van der Waals surface area contributed by atoms with Crippen molar-refractivity contribution < 1.29 is 63.0 Å². The molecule has 0 spiro atoms. The van der Waals surface area contributed by atoms with Crippen molar-refractivity contribution in [3.63, 3.8) is 0 Å². The van der Waals surface area contributed by atoms with Gasteiger partial charge in [-0.3, -0.25) is 0 Å². The van der Waals surface area contributed by atoms with Crippen molar-refractivity contribution in [3.05, 3.63) is 16.3 Å². The molecule has 0 radical (unpaired) electrons. The van der Waals surface area contributed by atoms with Crippen LogP contribution in [0.2, 0.25) is 0 Å². The summed E-state index contributed by atoms with van der Waals surface area (Å²) in [5, 5.41) is 4.39. The Morgan fingerprint density at radius 3 is 2.06 bits per heavy atom. The molecule has 0 unspecified atom stereocenters. The van der Waals surface area contributed by atoms with Crippen LogP contribution in [0.3, 0.4) is 0 Å². The number of amides is 1. The maximum atomic E-state index is 9.79. The third-order valence-corrected chi connectivity index (χ3v) is 2.83. The van der Waals surface area contributed by atoms with Gasteiger partial charge in [0.25, 0.3) is 0 Å². The first-order chi connectivity index (χ1) is 7.47. The molecule has 1 amide bonds. The number of rotatable bonds is 4. The number of carbonyl (C=O) groups excluding carboxylic acids is 1. The van der Waals surface area contributed by atoms with E-state index in [1.54, 1.807) is 17.7 Å². The van der Waals surface area contributed by atoms with Crippen LogP contribution >= 0.6 is 11.3 Å². The zero-order chi connectivity index (χ0) is 12.6. The first kappa shape index (κ1) is 20.3. The molecule has 17 heavy (non-hydrogen) atoms. The molecule has 1 aromatic heterocycles. The van der Waals surface area contributed by atoms with Crippen molar-refractivity contribution in [1.82, 2.24) is 0 Å². The van der Waals surface area contributed by atoms with Crippen molar-refractivity contribution in [2.45, 2.75) is 41.0 Å². The number of hydrogen-bond acceptors (Lipinski definition) is 2. The summed E-state index contributed by atoms with van der Waals surface area (Å²) >= 11 is 1.60. The number of thiophene rings is 1. The molecule has 1 N–H and O–H groups in total. The molecule has 0 aromatic carbocycles. The van der Waals surface area contributed by atoms with Crippen LogP contribution in [-0.4, -0.2) is 6.41 Å². The number of nitrogens with one attached hydrogen (secondary N) is 1. The predicted octanol–water partition coefficient (Wildman–Crippen LogP) is 1.23. The monoisotopic (exact) mass is 325 g/mol. The van der Waals surface area contributed by atoms with Gasteiger partial charge in [-0.2, -0.15) is 11.3 Å². The predicted molar refractivity (Wildman–Crippen MR) is 72.7 cm³/mol. The minimum Gasteiger partial charge on any atom is -0.489 e. The molecule has 1 heterocycles. The molecule has 0 aliphatic heterocycles. The minimum absolute atomic E-state index is 0. The van der Waals surface area contributed by atoms with E-state index in [0.29, 0.717) is 0 Å². The van der Waals surface area contributed by atoms with Gasteiger partial charge in [0.1, 0.15) is 0 Å². The molecule has 4 heteroatoms. The average molecular weight is 326 g/mol. The fraction of sp³-hybridized carbons (Fsp3) is 0.615. The van der Waals surface area contributed by atoms with Gasteiger partial charge >= 0.3 is 58.2 Å². The summed E-state index contributed by atoms with van der Waals surface area (Å²) in [5.74, 6) is 1.75. The Balaban J connectivity index is 0. The fourth-order valence-electron chi connectivity index (χ4n) is 1.51. The van der Waals surface area contributed by atoms with Gasteiger partial charge in [0, 0.05) is 0 Å². The van der Waals surface area contributed by atoms with Crippen LogP contribution in [0.4, 0.5) is 5.69 Å². The largest absolute Gasteiger partial charge is 1.00 e. The van der Waals surface area contributed by atoms with Gasteiger partial charge in [-0.1, -0.05) is 38.3 Å². The molecule has 0 saturated heterocycles. The molecule has 2 nitrogen and oxygen atoms in total. The third-order valence-electron chi connectivity index (χ3n) is 1.99. The van der Waals surface area contributed by atoms with Gasteiger partial charge < -0.3 is 10.1 Å². The van der Waals surface area contributed by atoms with E-state index in [2.05, 4.69) is 33.0 Å². The second kappa shape index (κ2) is 12.0. The van der Waals surface area contributed by atoms with Gasteiger partial charge in [-0.05, 0) is 30.6 Å². The minimum atomic E-state index is 0. The fourth-order valence-corrected chi connectivity index (χ4v) is 2.17. The van der Waals surface area contributed by atoms with Gasteiger partial charge in [0.2, 0.25) is 0 Å². The van der Waals surface area contributed by atoms with E-state index >= 15 is 0 Å². The zero-order valence-electron chi connectivity index (χ0n) is 11.8. The summed E-state index contributed by atoms with van der Waals surface area (Å²) in [6.45, 7) is 11.0. The van der Waals surface area contributed by atoms with Crippen molar-refractivity contribution in [2.75, 3.05) is 5.32 Å². The number of anilines is 1. The van der Waals surface area contributed by atoms with Gasteiger partial charge in [0.15, 0.2) is 0 Å². The van der Waals surface area contributed by atoms with E-state index in [9.17, 15) is 4.79 Å². The Labute approximate surface area is 158 Å². The van der Waals surface area contributed by atoms with E-state index < -0.39 is 0 Å². The van der Waals surface area contributed by atoms with Crippen molar-refractivity contribution >= 4 is 23.4 Å². The van der Waals surface area contributed by atoms with Crippen LogP contribution in [0.5, 0.6) is 0 Å². The molecule has 0 saturated carbocycles. The molecule has 1 aromatic rings. The Bertz CT molecular complexity index is 291. The van der Waals surface area contributed by atoms with Gasteiger partial charge in [-0.25, -0.2) is 0 Å². The third kappa shape index (κ3) is 11.8. The van der Waals surface area contributed by atoms with Crippen LogP contribution in [0.1, 0.15) is 39.0 Å². The standard InChI is InChI=1S/C7H16.C6H6NOS.Rb/c1-6(2)5-7(3)4;1-5-6(7-4-8)2-3-9-5;/h6-7H,5H2,1-4H3;2-3H,1H3,(H,7,8);/q;-1;+1. The van der Waals surface area contributed by atoms with E-state index in [-0.39, 0.29) is 58.2 Å². The maximum Gasteiger partial charge on any atom is 1.00 e. The van der Waals surface area contributed by atoms with Crippen LogP contribution in [0, 0.1) is 18.8 Å². The van der Waals surface area contributed by atoms with Crippen LogP contribution in [-0.2, 0) is 4.79 Å². The summed E-state index contributed by atoms with van der Waals surface area (Å²) < 4.78 is 0. The molecule has 0 aliphatic carbocycles. The van der Waals surface area contributed by atoms with E-state index in [1.807, 2.05) is 18.4 Å². The molecule has 0 bridgehead atoms. The SMILES string of the molecule is CC(C)CC(C)C.Cc1sccc1N[C-]=O.[Rb+]. The molecule has 0 fully saturated rings. The van der Waals surface area contributed by atoms with Gasteiger partial charge in [0.05, 0.1) is 6.41 Å². The molecular weight excluding hydrogens is 304 g/mol. The van der Waals surface area contributed by atoms with Crippen LogP contribution < -0.4 is 63.5 Å². The van der Waals surface area contributed by atoms with E-state index in [4.69, 9.17) is 0 Å². The number of aryl methyl sites for hydroxylation is 1. The Hall–Kier alpha value is 0.975. The van der Waals surface area contributed by atoms with E-state index in [1.165, 1.54) is 6.42 Å². The smallest absolute Gasteiger partial charge is 0.489 e. The maximum absolute atomic E-state index is 9.79. The normalized spacial score (nSPS) is 9.35. The number of hydrogen-bond donors (Lipinski definition) is 1. The molecule has 1 rings (SSSR count). The topological polar surface area (TPSA) is 29.1 Å². The van der Waals surface area contributed by atoms with Crippen LogP contribution in [0.25, 0.3) is 0 Å². The Kier molecular flexibility index (Phi) is 14.4. The van der Waals surface area contributed by atoms with E-state index in [0.717, 1.165) is 22.4 Å². The van der Waals surface area contributed by atoms with Crippen molar-refractivity contribution in [1.29, 1.82) is 0 Å². The first-order valence-corrected chi connectivity index (χ1v) is 6.52. The van der Waals surface area contributed by atoms with Crippen LogP contribution in [0.15, 0.2) is 11.4 Å². The summed E-state index contributed by atoms with van der Waals surface area (Å²) in [6.07, 6.45) is 2.98. The van der Waals surface area contributed by atoms with Crippen molar-refractivity contribution in [3.8, 4) is 0 Å². The summed E-state index contributed by atoms with van der Waals surface area (Å²) in [4.78, 5) is 10.9. The Morgan fingerprint density at radius 2 is 1.82 bits per heavy atom.